The van der Waals surface area contributed by atoms with Crippen LogP contribution in [0.4, 0.5) is 0 Å². The Labute approximate surface area is 129 Å². The Morgan fingerprint density at radius 3 is 2.90 bits per heavy atom. The number of esters is 1. The molecule has 1 aliphatic carbocycles. The summed E-state index contributed by atoms with van der Waals surface area (Å²) in [6.45, 7) is 2.20. The van der Waals surface area contributed by atoms with E-state index in [0.29, 0.717) is 6.61 Å². The van der Waals surface area contributed by atoms with Crippen molar-refractivity contribution in [2.75, 3.05) is 6.61 Å². The van der Waals surface area contributed by atoms with Crippen molar-refractivity contribution in [1.82, 2.24) is 0 Å². The van der Waals surface area contributed by atoms with Gasteiger partial charge in [0.15, 0.2) is 0 Å². The van der Waals surface area contributed by atoms with E-state index in [9.17, 15) is 4.79 Å². The molecule has 3 rings (SSSR count). The summed E-state index contributed by atoms with van der Waals surface area (Å²) < 4.78 is 5.26. The zero-order valence-electron chi connectivity index (χ0n) is 12.0. The van der Waals surface area contributed by atoms with Crippen LogP contribution in [-0.2, 0) is 15.1 Å². The fourth-order valence-electron chi connectivity index (χ4n) is 3.12. The summed E-state index contributed by atoms with van der Waals surface area (Å²) in [5, 5.41) is -0.393. The van der Waals surface area contributed by atoms with E-state index in [1.165, 1.54) is 4.91 Å². The van der Waals surface area contributed by atoms with Crippen LogP contribution >= 0.6 is 11.8 Å². The van der Waals surface area contributed by atoms with Gasteiger partial charge in [-0.25, -0.2) is 0 Å². The molecule has 110 valence electrons. The Kier molecular flexibility index (Phi) is 3.91. The molecule has 1 aromatic carbocycles. The van der Waals surface area contributed by atoms with Crippen molar-refractivity contribution in [2.45, 2.75) is 24.1 Å². The third-order valence-corrected chi connectivity index (χ3v) is 5.66. The lowest BCUT2D eigenvalue weighted by molar-refractivity contribution is -0.144. The monoisotopic (exact) mass is 301 g/mol. The van der Waals surface area contributed by atoms with Crippen molar-refractivity contribution in [2.24, 2.45) is 11.7 Å². The normalized spacial score (nSPS) is 30.7. The molecular formula is C17H19NO2S. The second-order valence-electron chi connectivity index (χ2n) is 5.33. The molecule has 1 heterocycles. The fourth-order valence-corrected chi connectivity index (χ4v) is 4.66. The largest absolute Gasteiger partial charge is 0.465 e. The molecule has 0 saturated carbocycles. The molecule has 0 unspecified atom stereocenters. The minimum absolute atomic E-state index is 0.143. The Hall–Kier alpha value is -1.52. The minimum Gasteiger partial charge on any atom is -0.465 e. The number of benzene rings is 1. The van der Waals surface area contributed by atoms with Crippen molar-refractivity contribution < 1.29 is 9.53 Å². The molecule has 21 heavy (non-hydrogen) atoms. The van der Waals surface area contributed by atoms with E-state index >= 15 is 0 Å². The maximum atomic E-state index is 12.4. The van der Waals surface area contributed by atoms with Gasteiger partial charge in [-0.15, -0.1) is 11.8 Å². The number of hydrogen-bond acceptors (Lipinski definition) is 4. The number of allylic oxidation sites excluding steroid dienone is 3. The van der Waals surface area contributed by atoms with Crippen LogP contribution in [0.2, 0.25) is 0 Å². The predicted octanol–water partition coefficient (Wildman–Crippen LogP) is 2.98. The first kappa shape index (κ1) is 14.4. The number of ether oxygens (including phenoxy) is 1. The van der Waals surface area contributed by atoms with Crippen LogP contribution in [0.5, 0.6) is 0 Å². The highest BCUT2D eigenvalue weighted by molar-refractivity contribution is 8.04. The average molecular weight is 301 g/mol. The molecule has 1 aromatic rings. The molecule has 0 aromatic heterocycles. The van der Waals surface area contributed by atoms with Gasteiger partial charge in [0.2, 0.25) is 0 Å². The van der Waals surface area contributed by atoms with Gasteiger partial charge in [0.25, 0.3) is 0 Å². The minimum atomic E-state index is -0.714. The van der Waals surface area contributed by atoms with Gasteiger partial charge in [-0.2, -0.15) is 0 Å². The highest BCUT2D eigenvalue weighted by atomic mass is 32.2. The second kappa shape index (κ2) is 5.70. The number of fused-ring (bicyclic) bond motifs is 1. The molecular weight excluding hydrogens is 282 g/mol. The van der Waals surface area contributed by atoms with Crippen molar-refractivity contribution in [3.8, 4) is 0 Å². The van der Waals surface area contributed by atoms with Crippen molar-refractivity contribution in [1.29, 1.82) is 0 Å². The number of thioether (sulfide) groups is 1. The standard InChI is InChI=1S/C17H19NO2S/c1-2-20-16(19)15-17(18,12-8-4-3-5-9-12)13-10-6-7-11-14(13)21-15/h3-9,11,13,15H,2,10,18H2,1H3/t13-,15+,17+/m1/s1. The molecule has 3 atom stereocenters. The number of rotatable bonds is 3. The SMILES string of the molecule is CCOC(=O)[C@@H]1SC2=CC=CC[C@H]2[C@@]1(N)c1ccccc1. The number of carbonyl (C=O) groups excluding carboxylic acids is 1. The summed E-state index contributed by atoms with van der Waals surface area (Å²) in [6, 6.07) is 9.92. The topological polar surface area (TPSA) is 52.3 Å². The van der Waals surface area contributed by atoms with Gasteiger partial charge in [0.1, 0.15) is 5.25 Å². The smallest absolute Gasteiger partial charge is 0.321 e. The van der Waals surface area contributed by atoms with Crippen LogP contribution in [-0.4, -0.2) is 17.8 Å². The average Bonchev–Trinajstić information content (AvgIpc) is 2.83. The molecule has 0 amide bonds. The van der Waals surface area contributed by atoms with E-state index in [2.05, 4.69) is 12.2 Å². The predicted molar refractivity (Wildman–Crippen MR) is 85.6 cm³/mol. The van der Waals surface area contributed by atoms with Gasteiger partial charge in [-0.05, 0) is 23.8 Å². The first-order chi connectivity index (χ1) is 10.2. The highest BCUT2D eigenvalue weighted by Crippen LogP contribution is 2.55. The first-order valence-electron chi connectivity index (χ1n) is 7.22. The maximum absolute atomic E-state index is 12.4. The maximum Gasteiger partial charge on any atom is 0.321 e. The van der Waals surface area contributed by atoms with Crippen LogP contribution in [0, 0.1) is 5.92 Å². The Bertz CT molecular complexity index is 596. The van der Waals surface area contributed by atoms with Crippen molar-refractivity contribution in [3.05, 3.63) is 59.0 Å². The zero-order chi connectivity index (χ0) is 14.9. The lowest BCUT2D eigenvalue weighted by Crippen LogP contribution is -2.52. The molecule has 0 radical (unpaired) electrons. The molecule has 2 N–H and O–H groups in total. The lowest BCUT2D eigenvalue weighted by Gasteiger charge is -2.35. The molecule has 1 aliphatic heterocycles. The van der Waals surface area contributed by atoms with Gasteiger partial charge < -0.3 is 10.5 Å². The molecule has 2 aliphatic rings. The van der Waals surface area contributed by atoms with Crippen molar-refractivity contribution in [3.63, 3.8) is 0 Å². The van der Waals surface area contributed by atoms with Gasteiger partial charge in [0.05, 0.1) is 12.1 Å². The van der Waals surface area contributed by atoms with E-state index < -0.39 is 10.8 Å². The Balaban J connectivity index is 2.05. The van der Waals surface area contributed by atoms with Gasteiger partial charge in [0, 0.05) is 5.92 Å². The van der Waals surface area contributed by atoms with Crippen LogP contribution in [0.25, 0.3) is 0 Å². The summed E-state index contributed by atoms with van der Waals surface area (Å²) in [4.78, 5) is 13.6. The summed E-state index contributed by atoms with van der Waals surface area (Å²) >= 11 is 1.55. The van der Waals surface area contributed by atoms with Gasteiger partial charge >= 0.3 is 5.97 Å². The first-order valence-corrected chi connectivity index (χ1v) is 8.10. The third kappa shape index (κ3) is 2.32. The van der Waals surface area contributed by atoms with Crippen molar-refractivity contribution >= 4 is 17.7 Å². The fraction of sp³-hybridized carbons (Fsp3) is 0.353. The van der Waals surface area contributed by atoms with E-state index in [1.807, 2.05) is 43.3 Å². The third-order valence-electron chi connectivity index (χ3n) is 4.15. The molecule has 0 spiro atoms. The second-order valence-corrected chi connectivity index (χ2v) is 6.51. The van der Waals surface area contributed by atoms with Gasteiger partial charge in [-0.3, -0.25) is 4.79 Å². The molecule has 3 nitrogen and oxygen atoms in total. The van der Waals surface area contributed by atoms with Crippen LogP contribution in [0.1, 0.15) is 18.9 Å². The number of carbonyl (C=O) groups is 1. The Morgan fingerprint density at radius 2 is 2.19 bits per heavy atom. The molecule has 0 bridgehead atoms. The summed E-state index contributed by atoms with van der Waals surface area (Å²) in [6.07, 6.45) is 7.09. The molecule has 4 heteroatoms. The summed E-state index contributed by atoms with van der Waals surface area (Å²) in [5.74, 6) is -0.0755. The highest BCUT2D eigenvalue weighted by Gasteiger charge is 2.55. The quantitative estimate of drug-likeness (QED) is 0.872. The van der Waals surface area contributed by atoms with Crippen LogP contribution < -0.4 is 5.73 Å². The van der Waals surface area contributed by atoms with E-state index in [1.54, 1.807) is 11.8 Å². The number of nitrogens with two attached hydrogens (primary N) is 1. The zero-order valence-corrected chi connectivity index (χ0v) is 12.8. The summed E-state index contributed by atoms with van der Waals surface area (Å²) in [5.41, 5.74) is 7.10. The molecule has 1 fully saturated rings. The van der Waals surface area contributed by atoms with E-state index in [-0.39, 0.29) is 11.9 Å². The molecule has 1 saturated heterocycles. The lowest BCUT2D eigenvalue weighted by atomic mass is 9.73. The van der Waals surface area contributed by atoms with E-state index in [0.717, 1.165) is 12.0 Å². The number of hydrogen-bond donors (Lipinski definition) is 1. The van der Waals surface area contributed by atoms with Crippen LogP contribution in [0.3, 0.4) is 0 Å². The Morgan fingerprint density at radius 1 is 1.43 bits per heavy atom. The summed E-state index contributed by atoms with van der Waals surface area (Å²) in [7, 11) is 0. The van der Waals surface area contributed by atoms with E-state index in [4.69, 9.17) is 10.5 Å². The van der Waals surface area contributed by atoms with Crippen LogP contribution in [0.15, 0.2) is 53.5 Å². The van der Waals surface area contributed by atoms with Gasteiger partial charge in [-0.1, -0.05) is 48.6 Å².